The van der Waals surface area contributed by atoms with Crippen molar-refractivity contribution in [1.29, 1.82) is 0 Å². The van der Waals surface area contributed by atoms with Crippen LogP contribution in [0, 0.1) is 0 Å². The third-order valence-electron chi connectivity index (χ3n) is 3.17. The summed E-state index contributed by atoms with van der Waals surface area (Å²) in [6, 6.07) is 7.85. The second-order valence-corrected chi connectivity index (χ2v) is 4.92. The molecule has 1 heterocycles. The maximum atomic E-state index is 9.10. The summed E-state index contributed by atoms with van der Waals surface area (Å²) in [4.78, 5) is 20.6. The summed E-state index contributed by atoms with van der Waals surface area (Å²) in [5, 5.41) is 14.8. The molecule has 1 saturated heterocycles. The Bertz CT molecular complexity index is 487. The molecule has 0 radical (unpaired) electrons. The first-order chi connectivity index (χ1) is 11.0. The molecule has 2 rings (SSSR count). The Morgan fingerprint density at radius 2 is 1.65 bits per heavy atom. The molecule has 128 valence electrons. The fourth-order valence-corrected chi connectivity index (χ4v) is 2.12. The second kappa shape index (κ2) is 10.4. The van der Waals surface area contributed by atoms with Gasteiger partial charge in [-0.2, -0.15) is 0 Å². The van der Waals surface area contributed by atoms with Crippen LogP contribution < -0.4 is 9.47 Å². The van der Waals surface area contributed by atoms with Gasteiger partial charge in [0.1, 0.15) is 18.1 Å². The summed E-state index contributed by atoms with van der Waals surface area (Å²) in [7, 11) is 0. The number of carboxylic acids is 2. The maximum absolute atomic E-state index is 9.10. The molecule has 0 bridgehead atoms. The zero-order valence-corrected chi connectivity index (χ0v) is 13.2. The summed E-state index contributed by atoms with van der Waals surface area (Å²) >= 11 is 0. The van der Waals surface area contributed by atoms with Crippen molar-refractivity contribution in [1.82, 2.24) is 4.90 Å². The monoisotopic (exact) mass is 325 g/mol. The Morgan fingerprint density at radius 1 is 1.09 bits per heavy atom. The molecule has 1 fully saturated rings. The molecule has 7 heteroatoms. The number of nitrogens with zero attached hydrogens (tertiary/aromatic N) is 1. The highest BCUT2D eigenvalue weighted by Crippen LogP contribution is 2.19. The quantitative estimate of drug-likeness (QED) is 0.769. The van der Waals surface area contributed by atoms with Crippen LogP contribution in [-0.2, 0) is 9.59 Å². The number of likely N-dealkylation sites (tertiary alicyclic amines) is 1. The third-order valence-corrected chi connectivity index (χ3v) is 3.17. The predicted molar refractivity (Wildman–Crippen MR) is 84.1 cm³/mol. The van der Waals surface area contributed by atoms with E-state index < -0.39 is 11.9 Å². The Labute approximate surface area is 135 Å². The molecule has 1 aromatic rings. The lowest BCUT2D eigenvalue weighted by Crippen LogP contribution is -2.25. The maximum Gasteiger partial charge on any atom is 0.414 e. The molecule has 0 saturated carbocycles. The second-order valence-electron chi connectivity index (χ2n) is 4.92. The van der Waals surface area contributed by atoms with Gasteiger partial charge in [0.2, 0.25) is 0 Å². The van der Waals surface area contributed by atoms with Crippen molar-refractivity contribution >= 4 is 11.9 Å². The van der Waals surface area contributed by atoms with Crippen molar-refractivity contribution in [2.24, 2.45) is 0 Å². The average molecular weight is 325 g/mol. The lowest BCUT2D eigenvalue weighted by Gasteiger charge is -2.15. The van der Waals surface area contributed by atoms with Gasteiger partial charge in [-0.05, 0) is 45.0 Å². The standard InChI is InChI=1S/C14H21NO2.C2H2O4/c1-2-16-13-6-5-7-14(12-13)17-11-10-15-8-3-4-9-15;3-1(4)2(5)6/h5-7,12H,2-4,8-11H2,1H3;(H,3,4)(H,5,6). The molecule has 1 aliphatic heterocycles. The van der Waals surface area contributed by atoms with E-state index in [4.69, 9.17) is 29.3 Å². The number of hydrogen-bond donors (Lipinski definition) is 2. The molecule has 0 amide bonds. The topological polar surface area (TPSA) is 96.3 Å². The number of ether oxygens (including phenoxy) is 2. The van der Waals surface area contributed by atoms with Crippen molar-refractivity contribution in [2.45, 2.75) is 19.8 Å². The Morgan fingerprint density at radius 3 is 2.17 bits per heavy atom. The highest BCUT2D eigenvalue weighted by molar-refractivity contribution is 6.27. The minimum absolute atomic E-state index is 0.692. The lowest BCUT2D eigenvalue weighted by molar-refractivity contribution is -0.159. The van der Waals surface area contributed by atoms with E-state index in [1.54, 1.807) is 0 Å². The first-order valence-electron chi connectivity index (χ1n) is 7.57. The predicted octanol–water partition coefficient (Wildman–Crippen LogP) is 1.72. The third kappa shape index (κ3) is 8.06. The van der Waals surface area contributed by atoms with Crippen LogP contribution in [0.2, 0.25) is 0 Å². The van der Waals surface area contributed by atoms with Gasteiger partial charge in [-0.3, -0.25) is 4.90 Å². The fourth-order valence-electron chi connectivity index (χ4n) is 2.12. The average Bonchev–Trinajstić information content (AvgIpc) is 3.02. The van der Waals surface area contributed by atoms with Gasteiger partial charge in [-0.25, -0.2) is 9.59 Å². The van der Waals surface area contributed by atoms with E-state index in [0.717, 1.165) is 24.7 Å². The molecule has 1 aliphatic rings. The first kappa shape index (κ1) is 18.8. The molecule has 7 nitrogen and oxygen atoms in total. The zero-order chi connectivity index (χ0) is 17.1. The molecule has 0 atom stereocenters. The van der Waals surface area contributed by atoms with Crippen LogP contribution in [0.25, 0.3) is 0 Å². The molecule has 1 aromatic carbocycles. The van der Waals surface area contributed by atoms with E-state index in [1.165, 1.54) is 25.9 Å². The van der Waals surface area contributed by atoms with Crippen LogP contribution in [0.4, 0.5) is 0 Å². The molecule has 0 aromatic heterocycles. The van der Waals surface area contributed by atoms with Crippen LogP contribution in [0.5, 0.6) is 11.5 Å². The first-order valence-corrected chi connectivity index (χ1v) is 7.57. The van der Waals surface area contributed by atoms with E-state index in [1.807, 2.05) is 31.2 Å². The molecule has 0 aliphatic carbocycles. The number of rotatable bonds is 6. The van der Waals surface area contributed by atoms with Gasteiger partial charge in [-0.15, -0.1) is 0 Å². The summed E-state index contributed by atoms with van der Waals surface area (Å²) in [6.45, 7) is 6.91. The summed E-state index contributed by atoms with van der Waals surface area (Å²) < 4.78 is 11.2. The fraction of sp³-hybridized carbons (Fsp3) is 0.500. The van der Waals surface area contributed by atoms with E-state index in [0.29, 0.717) is 6.61 Å². The molecule has 0 spiro atoms. The smallest absolute Gasteiger partial charge is 0.414 e. The SMILES string of the molecule is CCOc1cccc(OCCN2CCCC2)c1.O=C(O)C(=O)O. The molecular formula is C16H23NO6. The number of carbonyl (C=O) groups is 2. The van der Waals surface area contributed by atoms with E-state index in [-0.39, 0.29) is 0 Å². The van der Waals surface area contributed by atoms with Crippen molar-refractivity contribution in [3.05, 3.63) is 24.3 Å². The van der Waals surface area contributed by atoms with E-state index in [2.05, 4.69) is 4.90 Å². The van der Waals surface area contributed by atoms with Crippen LogP contribution in [-0.4, -0.2) is 59.9 Å². The number of hydrogen-bond acceptors (Lipinski definition) is 5. The largest absolute Gasteiger partial charge is 0.494 e. The van der Waals surface area contributed by atoms with Gasteiger partial charge in [0.25, 0.3) is 0 Å². The summed E-state index contributed by atoms with van der Waals surface area (Å²) in [5.41, 5.74) is 0. The van der Waals surface area contributed by atoms with Gasteiger partial charge in [0.15, 0.2) is 0 Å². The van der Waals surface area contributed by atoms with Crippen molar-refractivity contribution in [3.63, 3.8) is 0 Å². The van der Waals surface area contributed by atoms with Gasteiger partial charge in [0.05, 0.1) is 6.61 Å². The van der Waals surface area contributed by atoms with Crippen molar-refractivity contribution in [3.8, 4) is 11.5 Å². The molecular weight excluding hydrogens is 302 g/mol. The van der Waals surface area contributed by atoms with Gasteiger partial charge >= 0.3 is 11.9 Å². The van der Waals surface area contributed by atoms with E-state index in [9.17, 15) is 0 Å². The van der Waals surface area contributed by atoms with Crippen LogP contribution in [0.1, 0.15) is 19.8 Å². The Hall–Kier alpha value is -2.28. The molecule has 0 unspecified atom stereocenters. The summed E-state index contributed by atoms with van der Waals surface area (Å²) in [6.07, 6.45) is 2.67. The Kier molecular flexibility index (Phi) is 8.52. The minimum atomic E-state index is -1.82. The highest BCUT2D eigenvalue weighted by Gasteiger charge is 2.10. The van der Waals surface area contributed by atoms with Crippen molar-refractivity contribution in [2.75, 3.05) is 32.8 Å². The highest BCUT2D eigenvalue weighted by atomic mass is 16.5. The van der Waals surface area contributed by atoms with E-state index >= 15 is 0 Å². The number of aliphatic carboxylic acids is 2. The van der Waals surface area contributed by atoms with Gasteiger partial charge < -0.3 is 19.7 Å². The lowest BCUT2D eigenvalue weighted by atomic mass is 10.3. The molecule has 2 N–H and O–H groups in total. The van der Waals surface area contributed by atoms with Crippen molar-refractivity contribution < 1.29 is 29.3 Å². The molecule has 23 heavy (non-hydrogen) atoms. The normalized spacial score (nSPS) is 13.8. The summed E-state index contributed by atoms with van der Waals surface area (Å²) in [5.74, 6) is -1.87. The van der Waals surface area contributed by atoms with Gasteiger partial charge in [-0.1, -0.05) is 6.07 Å². The Balaban J connectivity index is 0.000000379. The zero-order valence-electron chi connectivity index (χ0n) is 13.2. The number of benzene rings is 1. The van der Waals surface area contributed by atoms with Crippen LogP contribution in [0.15, 0.2) is 24.3 Å². The van der Waals surface area contributed by atoms with Crippen LogP contribution in [0.3, 0.4) is 0 Å². The minimum Gasteiger partial charge on any atom is -0.494 e. The van der Waals surface area contributed by atoms with Crippen LogP contribution >= 0.6 is 0 Å². The van der Waals surface area contributed by atoms with Gasteiger partial charge in [0, 0.05) is 12.6 Å². The number of carboxylic acid groups (broad SMARTS) is 2.